The first-order valence-corrected chi connectivity index (χ1v) is 7.13. The van der Waals surface area contributed by atoms with E-state index in [4.69, 9.17) is 0 Å². The molecule has 0 spiro atoms. The summed E-state index contributed by atoms with van der Waals surface area (Å²) >= 11 is 0. The molecule has 1 nitrogen and oxygen atoms in total. The van der Waals surface area contributed by atoms with Crippen molar-refractivity contribution in [2.24, 2.45) is 0 Å². The van der Waals surface area contributed by atoms with E-state index in [2.05, 4.69) is 44.3 Å². The lowest BCUT2D eigenvalue weighted by Gasteiger charge is -2.18. The number of fused-ring (bicyclic) bond motifs is 1. The first-order chi connectivity index (χ1) is 8.26. The highest BCUT2D eigenvalue weighted by atomic mass is 15.0. The number of anilines is 1. The van der Waals surface area contributed by atoms with Crippen molar-refractivity contribution in [2.45, 2.75) is 64.8 Å². The van der Waals surface area contributed by atoms with Gasteiger partial charge in [0.1, 0.15) is 0 Å². The topological polar surface area (TPSA) is 12.0 Å². The summed E-state index contributed by atoms with van der Waals surface area (Å²) < 4.78 is 0. The minimum atomic E-state index is 0.656. The summed E-state index contributed by atoms with van der Waals surface area (Å²) in [6.45, 7) is 6.77. The number of rotatable bonds is 5. The highest BCUT2D eigenvalue weighted by Crippen LogP contribution is 2.40. The summed E-state index contributed by atoms with van der Waals surface area (Å²) in [6.07, 6.45) is 6.62. The molecule has 1 aliphatic heterocycles. The van der Waals surface area contributed by atoms with Crippen LogP contribution in [0, 0.1) is 6.92 Å². The van der Waals surface area contributed by atoms with Gasteiger partial charge >= 0.3 is 0 Å². The second kappa shape index (κ2) is 5.57. The first kappa shape index (κ1) is 12.5. The van der Waals surface area contributed by atoms with Crippen LogP contribution in [0.2, 0.25) is 0 Å². The Morgan fingerprint density at radius 1 is 1.18 bits per heavy atom. The van der Waals surface area contributed by atoms with Crippen molar-refractivity contribution in [3.05, 3.63) is 29.3 Å². The van der Waals surface area contributed by atoms with Gasteiger partial charge in [-0.05, 0) is 31.4 Å². The van der Waals surface area contributed by atoms with Gasteiger partial charge in [0.25, 0.3) is 0 Å². The summed E-state index contributed by atoms with van der Waals surface area (Å²) in [5, 5.41) is 3.69. The van der Waals surface area contributed by atoms with E-state index in [0.717, 1.165) is 5.92 Å². The van der Waals surface area contributed by atoms with E-state index in [-0.39, 0.29) is 0 Å². The van der Waals surface area contributed by atoms with E-state index in [1.165, 1.54) is 43.4 Å². The second-order valence-corrected chi connectivity index (χ2v) is 5.35. The zero-order chi connectivity index (χ0) is 12.3. The van der Waals surface area contributed by atoms with Gasteiger partial charge in [0.2, 0.25) is 0 Å². The Morgan fingerprint density at radius 2 is 2.00 bits per heavy atom. The molecular formula is C16H25N. The Labute approximate surface area is 106 Å². The predicted molar refractivity (Wildman–Crippen MR) is 75.8 cm³/mol. The van der Waals surface area contributed by atoms with Gasteiger partial charge in [-0.2, -0.15) is 0 Å². The molecule has 1 heterocycles. The van der Waals surface area contributed by atoms with Gasteiger partial charge in [0.05, 0.1) is 0 Å². The lowest BCUT2D eigenvalue weighted by atomic mass is 9.88. The van der Waals surface area contributed by atoms with Crippen LogP contribution in [0.5, 0.6) is 0 Å². The third-order valence-corrected chi connectivity index (χ3v) is 3.99. The van der Waals surface area contributed by atoms with Crippen LogP contribution in [0.3, 0.4) is 0 Å². The van der Waals surface area contributed by atoms with E-state index in [9.17, 15) is 0 Å². The fourth-order valence-electron chi connectivity index (χ4n) is 2.99. The van der Waals surface area contributed by atoms with Gasteiger partial charge < -0.3 is 5.32 Å². The number of nitrogens with one attached hydrogen (secondary N) is 1. The molecule has 1 aromatic carbocycles. The van der Waals surface area contributed by atoms with Crippen LogP contribution in [-0.4, -0.2) is 6.04 Å². The van der Waals surface area contributed by atoms with Gasteiger partial charge in [0.15, 0.2) is 0 Å². The molecule has 0 radical (unpaired) electrons. The molecule has 1 heteroatoms. The molecule has 0 bridgehead atoms. The molecule has 94 valence electrons. The summed E-state index contributed by atoms with van der Waals surface area (Å²) in [7, 11) is 0. The average molecular weight is 231 g/mol. The Kier molecular flexibility index (Phi) is 4.09. The zero-order valence-electron chi connectivity index (χ0n) is 11.4. The Balaban J connectivity index is 2.14. The van der Waals surface area contributed by atoms with E-state index in [1.807, 2.05) is 0 Å². The van der Waals surface area contributed by atoms with Gasteiger partial charge in [0, 0.05) is 17.6 Å². The molecule has 0 amide bonds. The number of aryl methyl sites for hydroxylation is 1. The van der Waals surface area contributed by atoms with Gasteiger partial charge in [-0.15, -0.1) is 0 Å². The smallest absolute Gasteiger partial charge is 0.0378 e. The highest BCUT2D eigenvalue weighted by molar-refractivity contribution is 5.60. The van der Waals surface area contributed by atoms with Crippen molar-refractivity contribution in [3.8, 4) is 0 Å². The lowest BCUT2D eigenvalue weighted by Crippen LogP contribution is -2.19. The average Bonchev–Trinajstić information content (AvgIpc) is 2.67. The predicted octanol–water partition coefficient (Wildman–Crippen LogP) is 4.86. The van der Waals surface area contributed by atoms with E-state index >= 15 is 0 Å². The molecule has 2 atom stereocenters. The summed E-state index contributed by atoms with van der Waals surface area (Å²) in [6, 6.07) is 7.51. The first-order valence-electron chi connectivity index (χ1n) is 7.13. The highest BCUT2D eigenvalue weighted by Gasteiger charge is 2.29. The maximum Gasteiger partial charge on any atom is 0.0378 e. The second-order valence-electron chi connectivity index (χ2n) is 5.35. The Hall–Kier alpha value is -0.980. The quantitative estimate of drug-likeness (QED) is 0.713. The fourth-order valence-corrected chi connectivity index (χ4v) is 2.99. The van der Waals surface area contributed by atoms with Gasteiger partial charge in [-0.1, -0.05) is 50.8 Å². The summed E-state index contributed by atoms with van der Waals surface area (Å²) in [4.78, 5) is 0. The maximum absolute atomic E-state index is 3.69. The molecular weight excluding hydrogens is 206 g/mol. The standard InChI is InChI=1S/C16H25N/c1-4-6-7-8-13-14-11-12(3)9-10-16(14)17-15(13)5-2/h9-11,13,15,17H,4-8H2,1-3H3. The monoisotopic (exact) mass is 231 g/mol. The SMILES string of the molecule is CCCCCC1c2cc(C)ccc2NC1CC. The molecule has 0 aliphatic carbocycles. The Bertz CT molecular complexity index is 370. The molecule has 0 saturated heterocycles. The van der Waals surface area contributed by atoms with E-state index in [0.29, 0.717) is 6.04 Å². The molecule has 1 aromatic rings. The normalized spacial score (nSPS) is 22.3. The molecule has 0 fully saturated rings. The Morgan fingerprint density at radius 3 is 2.71 bits per heavy atom. The van der Waals surface area contributed by atoms with Gasteiger partial charge in [-0.3, -0.25) is 0 Å². The van der Waals surface area contributed by atoms with Crippen molar-refractivity contribution in [3.63, 3.8) is 0 Å². The summed E-state index contributed by atoms with van der Waals surface area (Å²) in [5.74, 6) is 0.737. The van der Waals surface area contributed by atoms with Crippen LogP contribution in [0.25, 0.3) is 0 Å². The van der Waals surface area contributed by atoms with Crippen molar-refractivity contribution in [1.29, 1.82) is 0 Å². The van der Waals surface area contributed by atoms with E-state index < -0.39 is 0 Å². The minimum Gasteiger partial charge on any atom is -0.381 e. The van der Waals surface area contributed by atoms with E-state index in [1.54, 1.807) is 5.56 Å². The molecule has 0 saturated carbocycles. The van der Waals surface area contributed by atoms with Crippen LogP contribution < -0.4 is 5.32 Å². The molecule has 2 unspecified atom stereocenters. The van der Waals surface area contributed by atoms with Crippen LogP contribution in [0.4, 0.5) is 5.69 Å². The maximum atomic E-state index is 3.69. The van der Waals surface area contributed by atoms with Crippen LogP contribution in [-0.2, 0) is 0 Å². The van der Waals surface area contributed by atoms with Crippen molar-refractivity contribution in [1.82, 2.24) is 0 Å². The van der Waals surface area contributed by atoms with Crippen molar-refractivity contribution in [2.75, 3.05) is 5.32 Å². The largest absolute Gasteiger partial charge is 0.381 e. The number of unbranched alkanes of at least 4 members (excludes halogenated alkanes) is 2. The van der Waals surface area contributed by atoms with Crippen LogP contribution in [0.15, 0.2) is 18.2 Å². The minimum absolute atomic E-state index is 0.656. The third kappa shape index (κ3) is 2.65. The van der Waals surface area contributed by atoms with Crippen LogP contribution in [0.1, 0.15) is 63.0 Å². The van der Waals surface area contributed by atoms with Crippen LogP contribution >= 0.6 is 0 Å². The van der Waals surface area contributed by atoms with Crippen molar-refractivity contribution < 1.29 is 0 Å². The van der Waals surface area contributed by atoms with Gasteiger partial charge in [-0.25, -0.2) is 0 Å². The molecule has 1 N–H and O–H groups in total. The number of benzene rings is 1. The summed E-state index contributed by atoms with van der Waals surface area (Å²) in [5.41, 5.74) is 4.33. The third-order valence-electron chi connectivity index (χ3n) is 3.99. The zero-order valence-corrected chi connectivity index (χ0v) is 11.4. The molecule has 17 heavy (non-hydrogen) atoms. The number of hydrogen-bond donors (Lipinski definition) is 1. The van der Waals surface area contributed by atoms with Crippen molar-refractivity contribution >= 4 is 5.69 Å². The molecule has 1 aliphatic rings. The fraction of sp³-hybridized carbons (Fsp3) is 0.625. The molecule has 2 rings (SSSR count). The number of hydrogen-bond acceptors (Lipinski definition) is 1. The lowest BCUT2D eigenvalue weighted by molar-refractivity contribution is 0.509. The molecule has 0 aromatic heterocycles.